The molecule has 2 aromatic heterocycles. The predicted molar refractivity (Wildman–Crippen MR) is 263 cm³/mol. The molecule has 7 N–H and O–H groups in total. The highest BCUT2D eigenvalue weighted by Crippen LogP contribution is 2.46. The molecule has 2 aromatic carbocycles. The van der Waals surface area contributed by atoms with E-state index in [0.717, 1.165) is 10.5 Å². The number of ether oxygens (including phenoxy) is 2. The molecule has 396 valence electrons. The third-order valence-corrected chi connectivity index (χ3v) is 14.2. The third-order valence-electron chi connectivity index (χ3n) is 14.2. The summed E-state index contributed by atoms with van der Waals surface area (Å²) in [6, 6.07) is 9.89. The first-order valence-corrected chi connectivity index (χ1v) is 24.7. The molecule has 4 aliphatic rings. The lowest BCUT2D eigenvalue weighted by molar-refractivity contribution is -0.172. The van der Waals surface area contributed by atoms with E-state index in [-0.39, 0.29) is 87.6 Å². The molecular formula is C52H58FN9O13. The minimum Gasteiger partial charge on any atom is -0.458 e. The van der Waals surface area contributed by atoms with E-state index in [9.17, 15) is 53.1 Å². The van der Waals surface area contributed by atoms with Crippen LogP contribution in [-0.2, 0) is 84.2 Å². The van der Waals surface area contributed by atoms with Crippen molar-refractivity contribution in [2.75, 3.05) is 39.5 Å². The molecule has 8 amide bonds. The molecule has 23 heteroatoms. The summed E-state index contributed by atoms with van der Waals surface area (Å²) in [7, 11) is 0. The number of pyridine rings is 2. The Morgan fingerprint density at radius 3 is 2.35 bits per heavy atom. The van der Waals surface area contributed by atoms with Gasteiger partial charge in [-0.25, -0.2) is 14.2 Å². The molecule has 1 unspecified atom stereocenters. The monoisotopic (exact) mass is 1040 g/mol. The van der Waals surface area contributed by atoms with Crippen LogP contribution in [0.3, 0.4) is 0 Å². The quantitative estimate of drug-likeness (QED) is 0.0238. The van der Waals surface area contributed by atoms with Gasteiger partial charge in [-0.05, 0) is 54.5 Å². The number of benzene rings is 2. The second kappa shape index (κ2) is 22.3. The van der Waals surface area contributed by atoms with Gasteiger partial charge in [0.15, 0.2) is 5.60 Å². The van der Waals surface area contributed by atoms with Crippen molar-refractivity contribution in [3.05, 3.63) is 97.6 Å². The topological polar surface area (TPSA) is 303 Å². The van der Waals surface area contributed by atoms with Gasteiger partial charge in [0.1, 0.15) is 25.2 Å². The molecule has 1 saturated heterocycles. The maximum absolute atomic E-state index is 15.4. The number of amides is 8. The van der Waals surface area contributed by atoms with Gasteiger partial charge >= 0.3 is 5.97 Å². The second-order valence-corrected chi connectivity index (χ2v) is 19.2. The minimum absolute atomic E-state index is 0.0343. The lowest BCUT2D eigenvalue weighted by Gasteiger charge is -2.31. The number of aliphatic hydroxyl groups is 1. The zero-order valence-electron chi connectivity index (χ0n) is 41.8. The average molecular weight is 1040 g/mol. The molecule has 5 atom stereocenters. The number of carbonyl (C=O) groups excluding carboxylic acids is 9. The Morgan fingerprint density at radius 1 is 0.920 bits per heavy atom. The van der Waals surface area contributed by atoms with Crippen LogP contribution >= 0.6 is 0 Å². The molecule has 0 bridgehead atoms. The van der Waals surface area contributed by atoms with E-state index in [1.54, 1.807) is 64.1 Å². The number of nitrogens with one attached hydrogen (secondary N) is 6. The molecule has 3 aliphatic heterocycles. The normalized spacial score (nSPS) is 19.0. The smallest absolute Gasteiger partial charge is 0.343 e. The summed E-state index contributed by atoms with van der Waals surface area (Å²) in [4.78, 5) is 134. The third kappa shape index (κ3) is 11.1. The largest absolute Gasteiger partial charge is 0.458 e. The van der Waals surface area contributed by atoms with Crippen LogP contribution < -0.4 is 37.5 Å². The number of halogens is 1. The number of aromatic nitrogens is 2. The van der Waals surface area contributed by atoms with Crippen LogP contribution in [0.5, 0.6) is 0 Å². The lowest BCUT2D eigenvalue weighted by atomic mass is 9.81. The molecule has 8 rings (SSSR count). The van der Waals surface area contributed by atoms with Gasteiger partial charge in [-0.3, -0.25) is 48.1 Å². The van der Waals surface area contributed by atoms with Crippen molar-refractivity contribution >= 4 is 64.1 Å². The van der Waals surface area contributed by atoms with Crippen LogP contribution in [0.15, 0.2) is 47.3 Å². The average Bonchev–Trinajstić information content (AvgIpc) is 3.93. The van der Waals surface area contributed by atoms with E-state index >= 15 is 4.39 Å². The number of carbonyl (C=O) groups is 9. The number of aryl methyl sites for hydroxylation is 1. The number of imide groups is 1. The number of fused-ring (bicyclic) bond motifs is 5. The number of rotatable bonds is 20. The van der Waals surface area contributed by atoms with Crippen LogP contribution in [0.25, 0.3) is 22.3 Å². The number of cyclic esters (lactones) is 1. The fourth-order valence-corrected chi connectivity index (χ4v) is 9.92. The van der Waals surface area contributed by atoms with Crippen molar-refractivity contribution < 1.29 is 62.1 Å². The van der Waals surface area contributed by atoms with Gasteiger partial charge < -0.3 is 51.0 Å². The minimum atomic E-state index is -2.05. The van der Waals surface area contributed by atoms with E-state index in [1.165, 1.54) is 10.6 Å². The zero-order chi connectivity index (χ0) is 53.9. The standard InChI is InChI=1S/C52H58FN9O13/c1-5-52(73)33-17-38-46-31(22-62(38)50(71)32(33)24-75-51(52)72)45-35(12-11-30-28(4)34(53)18-36(59-46)44(30)45)60-47(68)27(3)23-74-25-57-41(65)20-56-48(69)37(16-29-9-7-6-8-10-29)58-42(66)21-55-40(64)19-54-39(63)13-14-61-43(67)15-26(2)49(61)70/h6-10,17-18,26-27,35,37,73H,5,11-16,19-25H2,1-4H3,(H,54,63)(H,55,64)(H,56,69)(H,57,65)(H,58,66)(H,60,68)/t26?,27-,35-,37-,52-/m0/s1. The maximum Gasteiger partial charge on any atom is 0.343 e. The lowest BCUT2D eigenvalue weighted by Crippen LogP contribution is -2.52. The summed E-state index contributed by atoms with van der Waals surface area (Å²) < 4.78 is 27.8. The van der Waals surface area contributed by atoms with E-state index < -0.39 is 96.0 Å². The van der Waals surface area contributed by atoms with Crippen LogP contribution in [0.1, 0.15) is 91.4 Å². The second-order valence-electron chi connectivity index (χ2n) is 19.2. The SMILES string of the molecule is CC[C@@]1(O)C(=O)OCc2c1cc1n(c2=O)Cc2c-1nc1cc(F)c(C)c3c1c2[C@@H](NC(=O)[C@@H](C)COCNC(=O)CNC(=O)[C@H](Cc1ccccc1)NC(=O)CNC(=O)CNC(=O)CCN1C(=O)CC(C)C1=O)CC3. The molecule has 75 heavy (non-hydrogen) atoms. The van der Waals surface area contributed by atoms with Crippen molar-refractivity contribution in [2.24, 2.45) is 11.8 Å². The highest BCUT2D eigenvalue weighted by Gasteiger charge is 2.46. The van der Waals surface area contributed by atoms with Crippen molar-refractivity contribution in [2.45, 2.75) is 97.1 Å². The van der Waals surface area contributed by atoms with Gasteiger partial charge in [0.05, 0.1) is 67.2 Å². The number of likely N-dealkylation sites (tertiary alicyclic amines) is 1. The predicted octanol–water partition coefficient (Wildman–Crippen LogP) is 0.218. The Hall–Kier alpha value is -7.92. The Kier molecular flexibility index (Phi) is 15.9. The Morgan fingerprint density at radius 2 is 1.63 bits per heavy atom. The highest BCUT2D eigenvalue weighted by molar-refractivity contribution is 6.03. The fraction of sp³-hybridized carbons (Fsp3) is 0.442. The molecule has 4 aromatic rings. The molecule has 1 fully saturated rings. The maximum atomic E-state index is 15.4. The van der Waals surface area contributed by atoms with Crippen molar-refractivity contribution in [1.29, 1.82) is 0 Å². The molecule has 1 aliphatic carbocycles. The van der Waals surface area contributed by atoms with E-state index in [1.807, 2.05) is 0 Å². The van der Waals surface area contributed by atoms with Crippen LogP contribution in [0, 0.1) is 24.6 Å². The van der Waals surface area contributed by atoms with Crippen molar-refractivity contribution in [1.82, 2.24) is 46.4 Å². The van der Waals surface area contributed by atoms with Crippen molar-refractivity contribution in [3.63, 3.8) is 0 Å². The van der Waals surface area contributed by atoms with Crippen LogP contribution in [-0.4, -0.2) is 118 Å². The van der Waals surface area contributed by atoms with Gasteiger partial charge in [0, 0.05) is 54.3 Å². The summed E-state index contributed by atoms with van der Waals surface area (Å²) in [5.41, 5.74) is 2.02. The van der Waals surface area contributed by atoms with Crippen molar-refractivity contribution in [3.8, 4) is 11.4 Å². The Balaban J connectivity index is 0.824. The molecule has 0 spiro atoms. The number of esters is 1. The van der Waals surface area contributed by atoms with Gasteiger partial charge in [0.2, 0.25) is 47.3 Å². The molecular weight excluding hydrogens is 978 g/mol. The summed E-state index contributed by atoms with van der Waals surface area (Å²) in [6.45, 7) is 4.20. The summed E-state index contributed by atoms with van der Waals surface area (Å²) in [5, 5.41) is 27.5. The summed E-state index contributed by atoms with van der Waals surface area (Å²) in [6.07, 6.45) is 0.681. The molecule has 0 radical (unpaired) electrons. The first-order valence-electron chi connectivity index (χ1n) is 24.7. The van der Waals surface area contributed by atoms with Gasteiger partial charge in [-0.1, -0.05) is 51.1 Å². The first kappa shape index (κ1) is 53.4. The van der Waals surface area contributed by atoms with Gasteiger partial charge in [0.25, 0.3) is 5.56 Å². The van der Waals surface area contributed by atoms with E-state index in [4.69, 9.17) is 14.5 Å². The molecule has 5 heterocycles. The van der Waals surface area contributed by atoms with Crippen LogP contribution in [0.4, 0.5) is 4.39 Å². The van der Waals surface area contributed by atoms with E-state index in [0.29, 0.717) is 57.4 Å². The first-order chi connectivity index (χ1) is 35.8. The molecule has 22 nitrogen and oxygen atoms in total. The number of hydrogen-bond acceptors (Lipinski definition) is 14. The Bertz CT molecular complexity index is 3090. The highest BCUT2D eigenvalue weighted by atomic mass is 19.1. The summed E-state index contributed by atoms with van der Waals surface area (Å²) >= 11 is 0. The van der Waals surface area contributed by atoms with E-state index in [2.05, 4.69) is 31.9 Å². The zero-order valence-corrected chi connectivity index (χ0v) is 41.8. The Labute approximate surface area is 428 Å². The number of hydrogen-bond donors (Lipinski definition) is 7. The van der Waals surface area contributed by atoms with Gasteiger partial charge in [-0.2, -0.15) is 0 Å². The molecule has 0 saturated carbocycles. The van der Waals surface area contributed by atoms with Crippen LogP contribution in [0.2, 0.25) is 0 Å². The summed E-state index contributed by atoms with van der Waals surface area (Å²) in [5.74, 6) is -7.00. The fourth-order valence-electron chi connectivity index (χ4n) is 9.92. The van der Waals surface area contributed by atoms with Gasteiger partial charge in [-0.15, -0.1) is 0 Å². The number of nitrogens with zero attached hydrogens (tertiary/aromatic N) is 3.